The highest BCUT2D eigenvalue weighted by molar-refractivity contribution is 5.71. The molecule has 0 bridgehead atoms. The maximum absolute atomic E-state index is 12.8. The van der Waals surface area contributed by atoms with Crippen LogP contribution in [0, 0.1) is 5.92 Å². The van der Waals surface area contributed by atoms with Gasteiger partial charge in [0.25, 0.3) is 5.56 Å². The minimum Gasteiger partial charge on any atom is -0.286 e. The molecule has 0 aromatic carbocycles. The number of rotatable bonds is 4. The van der Waals surface area contributed by atoms with Gasteiger partial charge in [-0.2, -0.15) is 5.10 Å². The molecular formula is C15H18N6O. The average molecular weight is 298 g/mol. The molecule has 1 atom stereocenters. The van der Waals surface area contributed by atoms with Gasteiger partial charge in [-0.1, -0.05) is 13.8 Å². The third kappa shape index (κ3) is 2.49. The van der Waals surface area contributed by atoms with Gasteiger partial charge < -0.3 is 0 Å². The third-order valence-electron chi connectivity index (χ3n) is 3.62. The van der Waals surface area contributed by atoms with Crippen molar-refractivity contribution in [2.75, 3.05) is 0 Å². The average Bonchev–Trinajstić information content (AvgIpc) is 2.92. The quantitative estimate of drug-likeness (QED) is 0.730. The summed E-state index contributed by atoms with van der Waals surface area (Å²) in [5.41, 5.74) is 0.824. The van der Waals surface area contributed by atoms with Crippen molar-refractivity contribution in [3.8, 4) is 0 Å². The molecule has 0 aliphatic rings. The molecule has 0 aliphatic carbocycles. The second kappa shape index (κ2) is 5.67. The minimum atomic E-state index is -0.209. The van der Waals surface area contributed by atoms with Crippen LogP contribution in [0.1, 0.15) is 32.1 Å². The van der Waals surface area contributed by atoms with Gasteiger partial charge in [0, 0.05) is 13.2 Å². The molecule has 0 aliphatic heterocycles. The highest BCUT2D eigenvalue weighted by Crippen LogP contribution is 2.22. The molecule has 3 heterocycles. The number of aryl methyl sites for hydroxylation is 1. The Balaban J connectivity index is 2.18. The first-order valence-electron chi connectivity index (χ1n) is 7.23. The molecule has 0 saturated heterocycles. The third-order valence-corrected chi connectivity index (χ3v) is 3.62. The van der Waals surface area contributed by atoms with Crippen molar-refractivity contribution in [3.05, 3.63) is 47.2 Å². The molecule has 0 radical (unpaired) electrons. The van der Waals surface area contributed by atoms with Gasteiger partial charge in [-0.15, -0.1) is 0 Å². The minimum absolute atomic E-state index is 0.153. The molecule has 0 amide bonds. The van der Waals surface area contributed by atoms with Crippen molar-refractivity contribution in [2.45, 2.75) is 26.3 Å². The topological polar surface area (TPSA) is 78.5 Å². The number of aromatic nitrogens is 6. The molecule has 0 unspecified atom stereocenters. The lowest BCUT2D eigenvalue weighted by Gasteiger charge is -2.20. The molecule has 114 valence electrons. The number of hydrogen-bond donors (Lipinski definition) is 0. The molecule has 22 heavy (non-hydrogen) atoms. The Hall–Kier alpha value is -2.57. The van der Waals surface area contributed by atoms with E-state index >= 15 is 0 Å². The van der Waals surface area contributed by atoms with Gasteiger partial charge in [-0.3, -0.25) is 14.0 Å². The van der Waals surface area contributed by atoms with Crippen LogP contribution in [0.25, 0.3) is 11.0 Å². The van der Waals surface area contributed by atoms with E-state index in [9.17, 15) is 4.79 Å². The highest BCUT2D eigenvalue weighted by Gasteiger charge is 2.22. The van der Waals surface area contributed by atoms with E-state index in [2.05, 4.69) is 33.9 Å². The first-order chi connectivity index (χ1) is 10.6. The van der Waals surface area contributed by atoms with Crippen molar-refractivity contribution in [1.82, 2.24) is 29.3 Å². The van der Waals surface area contributed by atoms with Gasteiger partial charge in [0.15, 0.2) is 5.52 Å². The van der Waals surface area contributed by atoms with E-state index in [-0.39, 0.29) is 11.6 Å². The summed E-state index contributed by atoms with van der Waals surface area (Å²) in [6.07, 6.45) is 5.45. The summed E-state index contributed by atoms with van der Waals surface area (Å²) in [7, 11) is 1.83. The van der Waals surface area contributed by atoms with Crippen LogP contribution in [-0.2, 0) is 7.05 Å². The van der Waals surface area contributed by atoms with Crippen molar-refractivity contribution in [1.29, 1.82) is 0 Å². The van der Waals surface area contributed by atoms with E-state index in [1.807, 2.05) is 7.05 Å². The first kappa shape index (κ1) is 14.4. The van der Waals surface area contributed by atoms with Gasteiger partial charge in [0.2, 0.25) is 0 Å². The van der Waals surface area contributed by atoms with Gasteiger partial charge in [-0.05, 0) is 24.5 Å². The Labute approximate surface area is 127 Å². The van der Waals surface area contributed by atoms with Gasteiger partial charge in [0.05, 0.1) is 17.9 Å². The van der Waals surface area contributed by atoms with Gasteiger partial charge in [-0.25, -0.2) is 15.0 Å². The molecule has 0 spiro atoms. The molecule has 3 rings (SSSR count). The maximum atomic E-state index is 12.8. The van der Waals surface area contributed by atoms with E-state index in [4.69, 9.17) is 0 Å². The van der Waals surface area contributed by atoms with Crippen molar-refractivity contribution < 1.29 is 0 Å². The summed E-state index contributed by atoms with van der Waals surface area (Å²) >= 11 is 0. The summed E-state index contributed by atoms with van der Waals surface area (Å²) in [6, 6.07) is 3.35. The van der Waals surface area contributed by atoms with Crippen molar-refractivity contribution in [2.24, 2.45) is 13.0 Å². The fourth-order valence-corrected chi connectivity index (χ4v) is 2.58. The van der Waals surface area contributed by atoms with Crippen LogP contribution in [0.15, 0.2) is 35.8 Å². The Morgan fingerprint density at radius 1 is 1.23 bits per heavy atom. The van der Waals surface area contributed by atoms with Crippen LogP contribution in [0.4, 0.5) is 0 Å². The number of hydrogen-bond acceptors (Lipinski definition) is 5. The van der Waals surface area contributed by atoms with E-state index in [0.29, 0.717) is 17.0 Å². The van der Waals surface area contributed by atoms with E-state index < -0.39 is 0 Å². The molecule has 7 nitrogen and oxygen atoms in total. The van der Waals surface area contributed by atoms with Crippen molar-refractivity contribution in [3.63, 3.8) is 0 Å². The molecule has 3 aromatic rings. The zero-order valence-corrected chi connectivity index (χ0v) is 12.8. The van der Waals surface area contributed by atoms with Gasteiger partial charge >= 0.3 is 0 Å². The smallest absolute Gasteiger partial charge is 0.280 e. The number of fused-ring (bicyclic) bond motifs is 1. The van der Waals surface area contributed by atoms with E-state index in [1.165, 1.54) is 6.33 Å². The summed E-state index contributed by atoms with van der Waals surface area (Å²) in [5.74, 6) is 1.14. The maximum Gasteiger partial charge on any atom is 0.280 e. The fraction of sp³-hybridized carbons (Fsp3) is 0.400. The van der Waals surface area contributed by atoms with Crippen LogP contribution in [0.3, 0.4) is 0 Å². The summed E-state index contributed by atoms with van der Waals surface area (Å²) in [6.45, 7) is 4.22. The summed E-state index contributed by atoms with van der Waals surface area (Å²) in [5, 5.41) is 4.12. The molecule has 0 N–H and O–H groups in total. The molecule has 0 fully saturated rings. The summed E-state index contributed by atoms with van der Waals surface area (Å²) in [4.78, 5) is 25.6. The Morgan fingerprint density at radius 3 is 2.73 bits per heavy atom. The lowest BCUT2D eigenvalue weighted by molar-refractivity contribution is 0.411. The number of nitrogens with zero attached hydrogens (tertiary/aromatic N) is 6. The molecule has 3 aromatic heterocycles. The zero-order chi connectivity index (χ0) is 15.7. The zero-order valence-electron chi connectivity index (χ0n) is 12.8. The predicted molar refractivity (Wildman–Crippen MR) is 82.4 cm³/mol. The first-order valence-corrected chi connectivity index (χ1v) is 7.23. The van der Waals surface area contributed by atoms with Crippen LogP contribution in [0.2, 0.25) is 0 Å². The largest absolute Gasteiger partial charge is 0.286 e. The Bertz CT molecular complexity index is 850. The van der Waals surface area contributed by atoms with Crippen molar-refractivity contribution >= 4 is 11.0 Å². The van der Waals surface area contributed by atoms with E-state index in [1.54, 1.807) is 33.9 Å². The lowest BCUT2D eigenvalue weighted by atomic mass is 10.0. The van der Waals surface area contributed by atoms with E-state index in [0.717, 1.165) is 12.2 Å². The summed E-state index contributed by atoms with van der Waals surface area (Å²) < 4.78 is 3.31. The Kier molecular flexibility index (Phi) is 3.70. The molecular weight excluding hydrogens is 280 g/mol. The normalized spacial score (nSPS) is 12.9. The lowest BCUT2D eigenvalue weighted by Crippen LogP contribution is -2.29. The second-order valence-electron chi connectivity index (χ2n) is 5.72. The Morgan fingerprint density at radius 2 is 2.05 bits per heavy atom. The molecule has 7 heteroatoms. The monoisotopic (exact) mass is 298 g/mol. The number of pyridine rings is 1. The van der Waals surface area contributed by atoms with Crippen LogP contribution in [-0.4, -0.2) is 29.3 Å². The van der Waals surface area contributed by atoms with Crippen LogP contribution in [0.5, 0.6) is 0 Å². The van der Waals surface area contributed by atoms with Gasteiger partial charge in [0.1, 0.15) is 12.2 Å². The highest BCUT2D eigenvalue weighted by atomic mass is 16.1. The fourth-order valence-electron chi connectivity index (χ4n) is 2.58. The second-order valence-corrected chi connectivity index (χ2v) is 5.72. The standard InChI is InChI=1S/C15H18N6O/c1-10(2)7-12(14-17-8-19-20(14)3)21-9-18-11-5-4-6-16-13(11)15(21)22/h4-6,8-10,12H,7H2,1-3H3/t12-/m0/s1. The van der Waals surface area contributed by atoms with Crippen LogP contribution < -0.4 is 5.56 Å². The van der Waals surface area contributed by atoms with Crippen LogP contribution >= 0.6 is 0 Å². The SMILES string of the molecule is CC(C)C[C@@H](c1ncnn1C)n1cnc2cccnc2c1=O. The molecule has 0 saturated carbocycles. The predicted octanol–water partition coefficient (Wildman–Crippen LogP) is 1.56.